The van der Waals surface area contributed by atoms with E-state index in [1.54, 1.807) is 13.0 Å². The smallest absolute Gasteiger partial charge is 0.259 e. The molecule has 3 heterocycles. The summed E-state index contributed by atoms with van der Waals surface area (Å²) in [5, 5.41) is 5.51. The number of hydrogen-bond acceptors (Lipinski definition) is 3. The summed E-state index contributed by atoms with van der Waals surface area (Å²) in [6.07, 6.45) is 7.67. The minimum atomic E-state index is -0.529. The van der Waals surface area contributed by atoms with Gasteiger partial charge in [-0.05, 0) is 55.9 Å². The predicted octanol–water partition coefficient (Wildman–Crippen LogP) is 7.61. The highest BCUT2D eigenvalue weighted by Crippen LogP contribution is 2.37. The largest absolute Gasteiger partial charge is 0.360 e. The van der Waals surface area contributed by atoms with Gasteiger partial charge in [0.05, 0.1) is 10.6 Å². The second-order valence-corrected chi connectivity index (χ2v) is 10.0. The number of carbonyl (C=O) groups excluding carboxylic acids is 1. The van der Waals surface area contributed by atoms with Gasteiger partial charge >= 0.3 is 0 Å². The van der Waals surface area contributed by atoms with Crippen LogP contribution < -0.4 is 0 Å². The molecule has 0 N–H and O–H groups in total. The van der Waals surface area contributed by atoms with Crippen molar-refractivity contribution in [2.75, 3.05) is 13.1 Å². The van der Waals surface area contributed by atoms with E-state index in [4.69, 9.17) is 16.1 Å². The summed E-state index contributed by atoms with van der Waals surface area (Å²) >= 11 is 6.26. The molecule has 0 unspecified atom stereocenters. The number of unbranched alkanes of at least 4 members (excludes halogenated alkanes) is 2. The number of aryl methyl sites for hydroxylation is 2. The van der Waals surface area contributed by atoms with Crippen molar-refractivity contribution < 1.29 is 13.7 Å². The molecule has 1 amide bonds. The summed E-state index contributed by atoms with van der Waals surface area (Å²) in [5.74, 6) is 0.0319. The molecule has 188 valence electrons. The van der Waals surface area contributed by atoms with Crippen LogP contribution in [-0.2, 0) is 6.54 Å². The molecule has 0 radical (unpaired) electrons. The molecule has 36 heavy (non-hydrogen) atoms. The van der Waals surface area contributed by atoms with Gasteiger partial charge in [0, 0.05) is 36.7 Å². The van der Waals surface area contributed by atoms with Gasteiger partial charge in [0.2, 0.25) is 0 Å². The minimum absolute atomic E-state index is 0.102. The van der Waals surface area contributed by atoms with Gasteiger partial charge in [-0.25, -0.2) is 4.39 Å². The normalized spacial score (nSPS) is 14.6. The Morgan fingerprint density at radius 3 is 2.67 bits per heavy atom. The number of benzene rings is 2. The van der Waals surface area contributed by atoms with Crippen molar-refractivity contribution in [3.05, 3.63) is 76.4 Å². The number of halogens is 2. The number of hydrogen-bond donors (Lipinski definition) is 0. The van der Waals surface area contributed by atoms with E-state index in [1.165, 1.54) is 47.9 Å². The Morgan fingerprint density at radius 1 is 1.14 bits per heavy atom. The lowest BCUT2D eigenvalue weighted by Gasteiger charge is -2.32. The quantitative estimate of drug-likeness (QED) is 0.242. The Balaban J connectivity index is 1.36. The highest BCUT2D eigenvalue weighted by atomic mass is 35.5. The molecule has 0 saturated carbocycles. The summed E-state index contributed by atoms with van der Waals surface area (Å²) in [4.78, 5) is 15.4. The van der Waals surface area contributed by atoms with E-state index in [0.29, 0.717) is 24.8 Å². The summed E-state index contributed by atoms with van der Waals surface area (Å²) in [7, 11) is 0. The molecule has 0 bridgehead atoms. The lowest BCUT2D eigenvalue weighted by atomic mass is 9.89. The van der Waals surface area contributed by atoms with Crippen LogP contribution in [0.5, 0.6) is 0 Å². The maximum Gasteiger partial charge on any atom is 0.259 e. The average Bonchev–Trinajstić information content (AvgIpc) is 3.45. The first-order valence-corrected chi connectivity index (χ1v) is 13.1. The molecule has 0 spiro atoms. The van der Waals surface area contributed by atoms with Crippen molar-refractivity contribution in [1.82, 2.24) is 14.6 Å². The molecule has 0 atom stereocenters. The van der Waals surface area contributed by atoms with Crippen LogP contribution in [0, 0.1) is 12.7 Å². The third-order valence-corrected chi connectivity index (χ3v) is 7.64. The lowest BCUT2D eigenvalue weighted by Crippen LogP contribution is -2.38. The zero-order valence-electron chi connectivity index (χ0n) is 20.8. The van der Waals surface area contributed by atoms with Gasteiger partial charge in [-0.2, -0.15) is 0 Å². The molecule has 1 fully saturated rings. The average molecular weight is 508 g/mol. The molecular weight excluding hydrogens is 477 g/mol. The number of aromatic nitrogens is 2. The van der Waals surface area contributed by atoms with Gasteiger partial charge in [-0.15, -0.1) is 0 Å². The number of rotatable bonds is 7. The molecule has 7 heteroatoms. The van der Waals surface area contributed by atoms with E-state index in [2.05, 4.69) is 47.1 Å². The Morgan fingerprint density at radius 2 is 1.92 bits per heavy atom. The van der Waals surface area contributed by atoms with Crippen molar-refractivity contribution in [2.24, 2.45) is 0 Å². The third kappa shape index (κ3) is 4.55. The molecule has 4 aromatic rings. The van der Waals surface area contributed by atoms with Gasteiger partial charge in [0.25, 0.3) is 5.91 Å². The molecule has 2 aromatic heterocycles. The van der Waals surface area contributed by atoms with Gasteiger partial charge < -0.3 is 14.0 Å². The number of piperidine rings is 1. The number of carbonyl (C=O) groups is 1. The topological polar surface area (TPSA) is 51.3 Å². The Bertz CT molecular complexity index is 1360. The first kappa shape index (κ1) is 24.6. The zero-order valence-corrected chi connectivity index (χ0v) is 21.5. The second kappa shape index (κ2) is 10.5. The van der Waals surface area contributed by atoms with Crippen molar-refractivity contribution in [3.8, 4) is 11.3 Å². The van der Waals surface area contributed by atoms with E-state index in [9.17, 15) is 9.18 Å². The van der Waals surface area contributed by atoms with Crippen molar-refractivity contribution in [3.63, 3.8) is 0 Å². The Kier molecular flexibility index (Phi) is 7.15. The number of amides is 1. The van der Waals surface area contributed by atoms with Crippen molar-refractivity contribution in [2.45, 2.75) is 58.4 Å². The van der Waals surface area contributed by atoms with E-state index in [1.807, 2.05) is 4.90 Å². The highest BCUT2D eigenvalue weighted by molar-refractivity contribution is 6.33. The van der Waals surface area contributed by atoms with Crippen LogP contribution in [0.4, 0.5) is 4.39 Å². The fourth-order valence-corrected chi connectivity index (χ4v) is 5.64. The first-order valence-electron chi connectivity index (χ1n) is 12.8. The van der Waals surface area contributed by atoms with Crippen LogP contribution in [0.15, 0.2) is 53.2 Å². The van der Waals surface area contributed by atoms with E-state index >= 15 is 0 Å². The number of para-hydroxylation sites is 1. The summed E-state index contributed by atoms with van der Waals surface area (Å²) in [6.45, 7) is 6.17. The Hall–Kier alpha value is -3.12. The highest BCUT2D eigenvalue weighted by Gasteiger charge is 2.32. The molecule has 2 aromatic carbocycles. The molecule has 5 rings (SSSR count). The standard InChI is InChI=1S/C29H31ClFN3O2/c1-3-4-7-15-34-18-22(21-9-5-6-12-25(21)34)20-13-16-33(17-14-20)29(35)26-19(2)36-32-28(26)27-23(30)10-8-11-24(27)31/h5-6,8-12,18,20H,3-4,7,13-17H2,1-2H3. The first-order chi connectivity index (χ1) is 17.5. The third-order valence-electron chi connectivity index (χ3n) is 7.32. The van der Waals surface area contributed by atoms with E-state index in [0.717, 1.165) is 19.4 Å². The number of nitrogens with zero attached hydrogens (tertiary/aromatic N) is 3. The molecular formula is C29H31ClFN3O2. The van der Waals surface area contributed by atoms with Crippen LogP contribution in [0.1, 0.15) is 66.6 Å². The van der Waals surface area contributed by atoms with Gasteiger partial charge in [0.1, 0.15) is 22.8 Å². The Labute approximate surface area is 215 Å². The van der Waals surface area contributed by atoms with Gasteiger partial charge in [-0.3, -0.25) is 4.79 Å². The molecule has 0 aliphatic carbocycles. The fraction of sp³-hybridized carbons (Fsp3) is 0.379. The van der Waals surface area contributed by atoms with Gasteiger partial charge in [0.15, 0.2) is 0 Å². The monoisotopic (exact) mass is 507 g/mol. The minimum Gasteiger partial charge on any atom is -0.360 e. The summed E-state index contributed by atoms with van der Waals surface area (Å²) in [5.41, 5.74) is 3.21. The van der Waals surface area contributed by atoms with Gasteiger partial charge in [-0.1, -0.05) is 60.8 Å². The SMILES string of the molecule is CCCCCn1cc(C2CCN(C(=O)c3c(-c4c(F)cccc4Cl)noc3C)CC2)c2ccccc21. The van der Waals surface area contributed by atoms with Crippen molar-refractivity contribution in [1.29, 1.82) is 0 Å². The zero-order chi connectivity index (χ0) is 25.2. The van der Waals surface area contributed by atoms with E-state index < -0.39 is 5.82 Å². The maximum atomic E-state index is 14.6. The van der Waals surface area contributed by atoms with Crippen LogP contribution >= 0.6 is 11.6 Å². The van der Waals surface area contributed by atoms with Crippen molar-refractivity contribution >= 4 is 28.4 Å². The van der Waals surface area contributed by atoms with Crippen LogP contribution in [0.3, 0.4) is 0 Å². The fourth-order valence-electron chi connectivity index (χ4n) is 5.39. The number of likely N-dealkylation sites (tertiary alicyclic amines) is 1. The molecule has 1 saturated heterocycles. The van der Waals surface area contributed by atoms with Crippen LogP contribution in [0.2, 0.25) is 5.02 Å². The lowest BCUT2D eigenvalue weighted by molar-refractivity contribution is 0.0712. The summed E-state index contributed by atoms with van der Waals surface area (Å²) in [6, 6.07) is 13.0. The summed E-state index contributed by atoms with van der Waals surface area (Å²) < 4.78 is 22.3. The predicted molar refractivity (Wildman–Crippen MR) is 141 cm³/mol. The molecule has 1 aliphatic rings. The van der Waals surface area contributed by atoms with Crippen LogP contribution in [0.25, 0.3) is 22.2 Å². The van der Waals surface area contributed by atoms with Crippen LogP contribution in [-0.4, -0.2) is 33.6 Å². The number of fused-ring (bicyclic) bond motifs is 1. The maximum absolute atomic E-state index is 14.6. The molecule has 1 aliphatic heterocycles. The second-order valence-electron chi connectivity index (χ2n) is 9.63. The van der Waals surface area contributed by atoms with E-state index in [-0.39, 0.29) is 27.8 Å². The molecule has 5 nitrogen and oxygen atoms in total.